The Kier molecular flexibility index (Phi) is 19.6. The first-order valence-electron chi connectivity index (χ1n) is 30.9. The predicted molar refractivity (Wildman–Crippen MR) is 300 cm³/mol. The summed E-state index contributed by atoms with van der Waals surface area (Å²) in [5.41, 5.74) is 1.64. The quantitative estimate of drug-likeness (QED) is 0.142. The van der Waals surface area contributed by atoms with Crippen LogP contribution in [0, 0.1) is 104 Å². The van der Waals surface area contributed by atoms with E-state index in [4.69, 9.17) is 4.74 Å². The van der Waals surface area contributed by atoms with E-state index in [1.165, 1.54) is 109 Å². The Morgan fingerprint density at radius 1 is 0.554 bits per heavy atom. The van der Waals surface area contributed by atoms with Crippen LogP contribution in [0.3, 0.4) is 0 Å². The zero-order valence-electron chi connectivity index (χ0n) is 50.5. The van der Waals surface area contributed by atoms with Crippen LogP contribution in [0.5, 0.6) is 0 Å². The van der Waals surface area contributed by atoms with Crippen molar-refractivity contribution in [3.05, 3.63) is 35.9 Å². The fourth-order valence-corrected chi connectivity index (χ4v) is 20.3. The number of carbonyl (C=O) groups excluding carboxylic acids is 1. The first-order chi connectivity index (χ1) is 33.5. The van der Waals surface area contributed by atoms with Crippen LogP contribution in [0.25, 0.3) is 0 Å². The second kappa shape index (κ2) is 23.3. The molecule has 9 rings (SSSR count). The van der Waals surface area contributed by atoms with Crippen molar-refractivity contribution in [1.82, 2.24) is 0 Å². The number of fused-ring (bicyclic) bond motifs is 10. The molecule has 0 heterocycles. The molecular formula is C67H113LiO6. The molecule has 0 bridgehead atoms. The van der Waals surface area contributed by atoms with Crippen molar-refractivity contribution in [3.8, 4) is 0 Å². The minimum Gasteiger partial charge on any atom is -0.870 e. The van der Waals surface area contributed by atoms with Gasteiger partial charge in [-0.15, -0.1) is 0 Å². The van der Waals surface area contributed by atoms with E-state index in [1.54, 1.807) is 0 Å². The molecule has 0 saturated heterocycles. The van der Waals surface area contributed by atoms with Gasteiger partial charge in [-0.05, 0) is 264 Å². The van der Waals surface area contributed by atoms with E-state index in [0.717, 1.165) is 104 Å². The number of esters is 1. The van der Waals surface area contributed by atoms with Gasteiger partial charge in [0.15, 0.2) is 0 Å². The van der Waals surface area contributed by atoms with Gasteiger partial charge in [0.2, 0.25) is 0 Å². The van der Waals surface area contributed by atoms with Gasteiger partial charge in [0.25, 0.3) is 0 Å². The fraction of sp³-hybridized carbons (Fsp3) is 0.896. The van der Waals surface area contributed by atoms with Gasteiger partial charge < -0.3 is 25.5 Å². The van der Waals surface area contributed by atoms with Crippen molar-refractivity contribution in [2.24, 2.45) is 104 Å². The van der Waals surface area contributed by atoms with Crippen molar-refractivity contribution in [2.45, 2.75) is 274 Å². The predicted octanol–water partition coefficient (Wildman–Crippen LogP) is 13.9. The summed E-state index contributed by atoms with van der Waals surface area (Å²) in [6, 6.07) is 9.44. The van der Waals surface area contributed by atoms with Crippen LogP contribution >= 0.6 is 0 Å². The Bertz CT molecular complexity index is 1970. The van der Waals surface area contributed by atoms with E-state index in [1.807, 2.05) is 30.3 Å². The van der Waals surface area contributed by atoms with Gasteiger partial charge in [-0.2, -0.15) is 0 Å². The third-order valence-electron chi connectivity index (χ3n) is 24.9. The second-order valence-corrected chi connectivity index (χ2v) is 31.5. The van der Waals surface area contributed by atoms with Crippen LogP contribution in [0.15, 0.2) is 30.3 Å². The van der Waals surface area contributed by atoms with Gasteiger partial charge in [0.1, 0.15) is 6.10 Å². The summed E-state index contributed by atoms with van der Waals surface area (Å²) < 4.78 is 6.08. The number of ether oxygens (including phenoxy) is 1. The summed E-state index contributed by atoms with van der Waals surface area (Å²) in [7, 11) is 0. The summed E-state index contributed by atoms with van der Waals surface area (Å²) >= 11 is 0. The molecule has 0 aliphatic heterocycles. The second-order valence-electron chi connectivity index (χ2n) is 31.5. The summed E-state index contributed by atoms with van der Waals surface area (Å²) in [4.78, 5) is 12.8. The fourth-order valence-electron chi connectivity index (χ4n) is 20.3. The number of benzene rings is 1. The summed E-state index contributed by atoms with van der Waals surface area (Å²) in [5, 5.41) is 32.0. The minimum absolute atomic E-state index is 0. The SMILES string of the molecule is C[C@H](CCC[C@H](O)C(C)(C)C)[C@H]1CC[C@H]2[C@@H]3CC[C@H]4C[C@@](C)(O)CC[C@]4(C)[C@H]3CC[C@]12C.C[C@H](CCC[C@H](OC(=O)c1ccccc1)C(C)(C)C)[C@H]1CC[C@H]2[C@@H]3CC[C@H]4C[C@@](C)(O)CC[C@]4(C)[C@H]3CC[C@]12C.[Li+].[OH-]. The van der Waals surface area contributed by atoms with Crippen LogP contribution < -0.4 is 18.9 Å². The first-order valence-corrected chi connectivity index (χ1v) is 30.9. The molecule has 7 heteroatoms. The number of aliphatic hydroxyl groups excluding tert-OH is 1. The van der Waals surface area contributed by atoms with Crippen molar-refractivity contribution >= 4 is 5.97 Å². The average molecular weight is 1020 g/mol. The van der Waals surface area contributed by atoms with Gasteiger partial charge >= 0.3 is 24.8 Å². The molecule has 0 aromatic heterocycles. The summed E-state index contributed by atoms with van der Waals surface area (Å²) in [6.45, 7) is 32.8. The molecule has 8 fully saturated rings. The topological polar surface area (TPSA) is 117 Å². The maximum Gasteiger partial charge on any atom is 1.00 e. The zero-order valence-corrected chi connectivity index (χ0v) is 50.5. The monoisotopic (exact) mass is 1020 g/mol. The molecule has 418 valence electrons. The van der Waals surface area contributed by atoms with Crippen molar-refractivity contribution in [1.29, 1.82) is 0 Å². The maximum absolute atomic E-state index is 12.8. The van der Waals surface area contributed by atoms with E-state index >= 15 is 0 Å². The van der Waals surface area contributed by atoms with Crippen molar-refractivity contribution < 1.29 is 49.2 Å². The molecular weight excluding hydrogens is 908 g/mol. The molecule has 0 radical (unpaired) electrons. The van der Waals surface area contributed by atoms with Crippen molar-refractivity contribution in [2.75, 3.05) is 0 Å². The molecule has 0 amide bonds. The van der Waals surface area contributed by atoms with E-state index in [9.17, 15) is 20.1 Å². The molecule has 0 unspecified atom stereocenters. The Morgan fingerprint density at radius 2 is 0.973 bits per heavy atom. The Labute approximate surface area is 466 Å². The standard InChI is InChI=1S/C37H58O3.C30H54O2.Li.H2O/c1-25(12-11-15-32(34(2,3)4)40-33(38)26-13-9-8-10-14-26)29-18-19-30-28-17-16-27-24-35(5,39)22-23-36(27,6)31(28)20-21-37(29,30)7;1-20(9-8-10-26(31)27(2,3)4)23-13-14-24-22-12-11-21-19-28(5,32)17-18-29(21,6)25(22)15-16-30(23,24)7;;/h8-10,13-14,25,27-32,39H,11-12,15-24H2,1-7H3;20-26,31-32H,8-19H2,1-7H3;;1H2/q;;+1;/p-1/t25-,27+,28+,29-,30+,31+,32+,35+,36+,37-;20-,21+,22+,23-,24+,25+,26+,28+,29+,30-;;/m11../s1. The van der Waals surface area contributed by atoms with Crippen LogP contribution in [0.2, 0.25) is 0 Å². The van der Waals surface area contributed by atoms with Gasteiger partial charge in [-0.3, -0.25) is 0 Å². The minimum atomic E-state index is -0.444. The average Bonchev–Trinajstić information content (AvgIpc) is 3.85. The number of hydrogen-bond donors (Lipinski definition) is 3. The molecule has 4 N–H and O–H groups in total. The molecule has 0 spiro atoms. The van der Waals surface area contributed by atoms with Crippen LogP contribution in [0.4, 0.5) is 0 Å². The van der Waals surface area contributed by atoms with E-state index in [2.05, 4.69) is 96.9 Å². The maximum atomic E-state index is 12.8. The van der Waals surface area contributed by atoms with Gasteiger partial charge in [0.05, 0.1) is 22.9 Å². The van der Waals surface area contributed by atoms with Gasteiger partial charge in [-0.25, -0.2) is 4.79 Å². The molecule has 8 saturated carbocycles. The van der Waals surface area contributed by atoms with Gasteiger partial charge in [-0.1, -0.05) is 121 Å². The van der Waals surface area contributed by atoms with Crippen LogP contribution in [0.1, 0.15) is 261 Å². The zero-order chi connectivity index (χ0) is 52.5. The van der Waals surface area contributed by atoms with Crippen molar-refractivity contribution in [3.63, 3.8) is 0 Å². The molecule has 74 heavy (non-hydrogen) atoms. The molecule has 8 aliphatic rings. The Balaban J connectivity index is 0.000000240. The van der Waals surface area contributed by atoms with Crippen LogP contribution in [-0.4, -0.2) is 50.2 Å². The molecule has 1 aromatic rings. The smallest absolute Gasteiger partial charge is 0.870 e. The third kappa shape index (κ3) is 12.5. The molecule has 1 aromatic carbocycles. The number of rotatable bonds is 12. The Morgan fingerprint density at radius 3 is 1.39 bits per heavy atom. The number of hydrogen-bond acceptors (Lipinski definition) is 6. The summed E-state index contributed by atoms with van der Waals surface area (Å²) in [6.07, 6.45) is 29.8. The molecule has 8 aliphatic carbocycles. The Hall–Kier alpha value is -0.873. The molecule has 20 atom stereocenters. The van der Waals surface area contributed by atoms with E-state index in [-0.39, 0.29) is 53.3 Å². The van der Waals surface area contributed by atoms with Gasteiger partial charge in [0, 0.05) is 0 Å². The normalized spacial score (nSPS) is 43.0. The number of aliphatic hydroxyl groups is 3. The number of carbonyl (C=O) groups is 1. The van der Waals surface area contributed by atoms with E-state index in [0.29, 0.717) is 39.1 Å². The van der Waals surface area contributed by atoms with E-state index < -0.39 is 11.2 Å². The molecule has 6 nitrogen and oxygen atoms in total. The summed E-state index contributed by atoms with van der Waals surface area (Å²) in [5.74, 6) is 9.83. The van der Waals surface area contributed by atoms with Crippen LogP contribution in [-0.2, 0) is 4.74 Å². The first kappa shape index (κ1) is 62.3. The largest absolute Gasteiger partial charge is 1.00 e. The third-order valence-corrected chi connectivity index (χ3v) is 24.9.